The number of halogens is 1. The monoisotopic (exact) mass is 417 g/mol. The Hall–Kier alpha value is -1.83. The lowest BCUT2D eigenvalue weighted by atomic mass is 10.0. The summed E-state index contributed by atoms with van der Waals surface area (Å²) >= 11 is 1.37. The first-order valence-corrected chi connectivity index (χ1v) is 11.0. The lowest BCUT2D eigenvalue weighted by molar-refractivity contribution is 0.0128. The molecule has 5 nitrogen and oxygen atoms in total. The van der Waals surface area contributed by atoms with Gasteiger partial charge in [0.1, 0.15) is 11.5 Å². The van der Waals surface area contributed by atoms with Crippen molar-refractivity contribution in [2.75, 3.05) is 38.6 Å². The van der Waals surface area contributed by atoms with Crippen molar-refractivity contribution >= 4 is 17.6 Å². The van der Waals surface area contributed by atoms with E-state index < -0.39 is 0 Å². The second-order valence-corrected chi connectivity index (χ2v) is 8.58. The molecule has 0 radical (unpaired) electrons. The van der Waals surface area contributed by atoms with Crippen LogP contribution in [-0.4, -0.2) is 43.7 Å². The van der Waals surface area contributed by atoms with Crippen molar-refractivity contribution < 1.29 is 13.9 Å². The molecule has 1 fully saturated rings. The molecule has 4 rings (SSSR count). The van der Waals surface area contributed by atoms with E-state index in [4.69, 9.17) is 14.5 Å². The van der Waals surface area contributed by atoms with Crippen molar-refractivity contribution in [3.8, 4) is 5.88 Å². The summed E-state index contributed by atoms with van der Waals surface area (Å²) in [5.41, 5.74) is 3.82. The number of anilines is 1. The van der Waals surface area contributed by atoms with E-state index in [9.17, 15) is 4.39 Å². The highest BCUT2D eigenvalue weighted by Crippen LogP contribution is 2.34. The number of methoxy groups -OCH3 is 1. The Balaban J connectivity index is 1.48. The number of rotatable bonds is 5. The first kappa shape index (κ1) is 20.4. The summed E-state index contributed by atoms with van der Waals surface area (Å²) in [6, 6.07) is 7.47. The van der Waals surface area contributed by atoms with Gasteiger partial charge < -0.3 is 19.1 Å². The van der Waals surface area contributed by atoms with E-state index in [0.717, 1.165) is 61.5 Å². The second kappa shape index (κ2) is 9.32. The quantitative estimate of drug-likeness (QED) is 0.717. The molecule has 1 aromatic carbocycles. The van der Waals surface area contributed by atoms with Gasteiger partial charge in [0.15, 0.2) is 0 Å². The van der Waals surface area contributed by atoms with Crippen molar-refractivity contribution in [3.05, 3.63) is 46.9 Å². The number of nitrogens with one attached hydrogen (secondary N) is 1. The molecule has 1 aromatic heterocycles. The summed E-state index contributed by atoms with van der Waals surface area (Å²) in [6.07, 6.45) is 4.79. The number of nitrogens with zero attached hydrogens (tertiary/aromatic N) is 2. The molecule has 0 amide bonds. The Bertz CT molecular complexity index is 858. The van der Waals surface area contributed by atoms with Crippen molar-refractivity contribution in [1.82, 2.24) is 9.88 Å². The van der Waals surface area contributed by atoms with Crippen molar-refractivity contribution in [2.24, 2.45) is 0 Å². The minimum atomic E-state index is -0.209. The fourth-order valence-corrected chi connectivity index (χ4v) is 4.56. The summed E-state index contributed by atoms with van der Waals surface area (Å²) < 4.78 is 29.2. The first-order valence-electron chi connectivity index (χ1n) is 10.2. The van der Waals surface area contributed by atoms with Gasteiger partial charge in [-0.05, 0) is 68.4 Å². The van der Waals surface area contributed by atoms with Crippen LogP contribution in [0.4, 0.5) is 10.1 Å². The number of hydrogen-bond acceptors (Lipinski definition) is 6. The van der Waals surface area contributed by atoms with Gasteiger partial charge in [-0.15, -0.1) is 0 Å². The molecule has 1 N–H and O–H groups in total. The highest BCUT2D eigenvalue weighted by molar-refractivity contribution is 8.00. The first-order chi connectivity index (χ1) is 14.1. The summed E-state index contributed by atoms with van der Waals surface area (Å²) in [5.74, 6) is 0.368. The maximum absolute atomic E-state index is 14.6. The summed E-state index contributed by atoms with van der Waals surface area (Å²) in [7, 11) is 3.76. The Morgan fingerprint density at radius 2 is 2.10 bits per heavy atom. The molecular formula is C22H28FN3O2S. The van der Waals surface area contributed by atoms with Crippen LogP contribution in [0.2, 0.25) is 0 Å². The van der Waals surface area contributed by atoms with Gasteiger partial charge in [0, 0.05) is 42.3 Å². The van der Waals surface area contributed by atoms with Gasteiger partial charge in [-0.3, -0.25) is 0 Å². The zero-order valence-electron chi connectivity index (χ0n) is 17.0. The number of ether oxygens (including phenoxy) is 2. The lowest BCUT2D eigenvalue weighted by Crippen LogP contribution is -2.20. The highest BCUT2D eigenvalue weighted by Gasteiger charge is 2.20. The topological polar surface area (TPSA) is 46.6 Å². The molecule has 0 saturated carbocycles. The predicted octanol–water partition coefficient (Wildman–Crippen LogP) is 4.62. The minimum Gasteiger partial charge on any atom is -0.479 e. The summed E-state index contributed by atoms with van der Waals surface area (Å²) in [6.45, 7) is 2.73. The Kier molecular flexibility index (Phi) is 6.57. The van der Waals surface area contributed by atoms with Crippen LogP contribution < -0.4 is 9.46 Å². The van der Waals surface area contributed by atoms with Gasteiger partial charge in [0.2, 0.25) is 5.88 Å². The normalized spacial score (nSPS) is 20.0. The van der Waals surface area contributed by atoms with Crippen LogP contribution in [-0.2, 0) is 17.6 Å². The molecule has 3 heterocycles. The van der Waals surface area contributed by atoms with Crippen LogP contribution >= 0.6 is 11.9 Å². The van der Waals surface area contributed by atoms with E-state index >= 15 is 0 Å². The van der Waals surface area contributed by atoms with E-state index in [1.54, 1.807) is 13.2 Å². The van der Waals surface area contributed by atoms with Crippen molar-refractivity contribution in [1.29, 1.82) is 0 Å². The van der Waals surface area contributed by atoms with Gasteiger partial charge in [0.25, 0.3) is 0 Å². The predicted molar refractivity (Wildman–Crippen MR) is 114 cm³/mol. The largest absolute Gasteiger partial charge is 0.479 e. The van der Waals surface area contributed by atoms with Crippen LogP contribution in [0.1, 0.15) is 42.2 Å². The minimum absolute atomic E-state index is 0.122. The zero-order chi connectivity index (χ0) is 20.2. The van der Waals surface area contributed by atoms with Gasteiger partial charge in [-0.1, -0.05) is 6.07 Å². The maximum Gasteiger partial charge on any atom is 0.238 e. The Morgan fingerprint density at radius 1 is 1.24 bits per heavy atom. The Labute approximate surface area is 176 Å². The molecule has 1 saturated heterocycles. The average molecular weight is 418 g/mol. The fourth-order valence-electron chi connectivity index (χ4n) is 3.89. The summed E-state index contributed by atoms with van der Waals surface area (Å²) in [4.78, 5) is 7.84. The SMILES string of the molecule is COc1nc2c(cc1NSc1ccc(C3CCCCO3)c(F)c1)CCN(C)CC2. The number of hydrogen-bond donors (Lipinski definition) is 1. The maximum atomic E-state index is 14.6. The van der Waals surface area contributed by atoms with Gasteiger partial charge in [-0.25, -0.2) is 9.37 Å². The average Bonchev–Trinajstić information content (AvgIpc) is 2.93. The zero-order valence-corrected chi connectivity index (χ0v) is 17.9. The Morgan fingerprint density at radius 3 is 2.86 bits per heavy atom. The molecule has 0 spiro atoms. The second-order valence-electron chi connectivity index (χ2n) is 7.70. The van der Waals surface area contributed by atoms with E-state index in [1.807, 2.05) is 12.1 Å². The molecule has 156 valence electrons. The number of pyridine rings is 1. The number of likely N-dealkylation sites (N-methyl/N-ethyl adjacent to an activating group) is 1. The molecule has 29 heavy (non-hydrogen) atoms. The number of benzene rings is 1. The van der Waals surface area contributed by atoms with Crippen LogP contribution in [0.25, 0.3) is 0 Å². The molecule has 1 unspecified atom stereocenters. The molecule has 7 heteroatoms. The van der Waals surface area contributed by atoms with Gasteiger partial charge in [0.05, 0.1) is 13.2 Å². The van der Waals surface area contributed by atoms with E-state index in [-0.39, 0.29) is 11.9 Å². The smallest absolute Gasteiger partial charge is 0.238 e. The van der Waals surface area contributed by atoms with Crippen molar-refractivity contribution in [3.63, 3.8) is 0 Å². The molecule has 2 aromatic rings. The molecule has 2 aliphatic rings. The van der Waals surface area contributed by atoms with Gasteiger partial charge in [-0.2, -0.15) is 0 Å². The van der Waals surface area contributed by atoms with E-state index in [0.29, 0.717) is 18.1 Å². The van der Waals surface area contributed by atoms with Gasteiger partial charge >= 0.3 is 0 Å². The lowest BCUT2D eigenvalue weighted by Gasteiger charge is -2.23. The third-order valence-corrected chi connectivity index (χ3v) is 6.43. The van der Waals surface area contributed by atoms with Crippen molar-refractivity contribution in [2.45, 2.75) is 43.1 Å². The molecule has 0 aliphatic carbocycles. The molecule has 0 bridgehead atoms. The number of aromatic nitrogens is 1. The van der Waals surface area contributed by atoms with E-state index in [1.165, 1.54) is 17.5 Å². The third-order valence-electron chi connectivity index (χ3n) is 5.62. The highest BCUT2D eigenvalue weighted by atomic mass is 32.2. The van der Waals surface area contributed by atoms with Crippen LogP contribution in [0, 0.1) is 5.82 Å². The molecule has 1 atom stereocenters. The summed E-state index contributed by atoms with van der Waals surface area (Å²) in [5, 5.41) is 0. The fraction of sp³-hybridized carbons (Fsp3) is 0.500. The third kappa shape index (κ3) is 4.85. The molecule has 2 aliphatic heterocycles. The molecular weight excluding hydrogens is 389 g/mol. The number of fused-ring (bicyclic) bond motifs is 1. The van der Waals surface area contributed by atoms with Crippen LogP contribution in [0.15, 0.2) is 29.2 Å². The van der Waals surface area contributed by atoms with Crippen LogP contribution in [0.5, 0.6) is 5.88 Å². The standard InChI is InChI=1S/C22H28FN3O2S/c1-26-10-8-15-13-20(22(27-2)24-19(15)9-11-26)25-29-16-6-7-17(18(23)14-16)21-5-3-4-12-28-21/h6-7,13-14,21,25H,3-5,8-12H2,1-2H3. The van der Waals surface area contributed by atoms with E-state index in [2.05, 4.69) is 22.7 Å². The van der Waals surface area contributed by atoms with Crippen LogP contribution in [0.3, 0.4) is 0 Å².